The first kappa shape index (κ1) is 21.8. The number of benzene rings is 1. The Morgan fingerprint density at radius 3 is 2.56 bits per heavy atom. The maximum atomic E-state index is 13.1. The third kappa shape index (κ3) is 5.23. The summed E-state index contributed by atoms with van der Waals surface area (Å²) in [4.78, 5) is 29.7. The van der Waals surface area contributed by atoms with Crippen LogP contribution >= 0.6 is 0 Å². The molecule has 3 heterocycles. The number of hydrogen-bond donors (Lipinski definition) is 0. The smallest absolute Gasteiger partial charge is 0.303 e. The second kappa shape index (κ2) is 9.78. The number of hydrogen-bond acceptors (Lipinski definition) is 7. The second-order valence-corrected chi connectivity index (χ2v) is 7.83. The van der Waals surface area contributed by atoms with Crippen molar-refractivity contribution >= 4 is 11.9 Å². The summed E-state index contributed by atoms with van der Waals surface area (Å²) in [6.07, 6.45) is 0.860. The van der Waals surface area contributed by atoms with E-state index in [0.29, 0.717) is 36.8 Å². The minimum atomic E-state index is -0.334. The molecule has 0 N–H and O–H groups in total. The first-order valence-electron chi connectivity index (χ1n) is 10.7. The van der Waals surface area contributed by atoms with Gasteiger partial charge in [0, 0.05) is 33.1 Å². The van der Waals surface area contributed by atoms with Crippen molar-refractivity contribution in [2.75, 3.05) is 26.2 Å². The van der Waals surface area contributed by atoms with Crippen LogP contribution in [0.4, 0.5) is 0 Å². The van der Waals surface area contributed by atoms with Gasteiger partial charge in [0.25, 0.3) is 5.91 Å². The highest BCUT2D eigenvalue weighted by Gasteiger charge is 2.25. The number of ether oxygens (including phenoxy) is 1. The molecule has 1 fully saturated rings. The predicted molar refractivity (Wildman–Crippen MR) is 116 cm³/mol. The van der Waals surface area contributed by atoms with Crippen LogP contribution in [-0.4, -0.2) is 62.8 Å². The first-order valence-corrected chi connectivity index (χ1v) is 10.7. The van der Waals surface area contributed by atoms with Gasteiger partial charge in [-0.3, -0.25) is 14.5 Å². The molecule has 0 spiro atoms. The highest BCUT2D eigenvalue weighted by molar-refractivity contribution is 5.93. The molecular weight excluding hydrogens is 410 g/mol. The van der Waals surface area contributed by atoms with Crippen LogP contribution < -0.4 is 0 Å². The molecule has 0 unspecified atom stereocenters. The molecule has 1 aromatic carbocycles. The summed E-state index contributed by atoms with van der Waals surface area (Å²) in [6, 6.07) is 13.3. The van der Waals surface area contributed by atoms with E-state index in [1.54, 1.807) is 0 Å². The van der Waals surface area contributed by atoms with Gasteiger partial charge >= 0.3 is 5.97 Å². The lowest BCUT2D eigenvalue weighted by Gasteiger charge is -2.20. The molecule has 0 radical (unpaired) electrons. The number of carbonyl (C=O) groups excluding carboxylic acids is 2. The third-order valence-electron chi connectivity index (χ3n) is 5.36. The van der Waals surface area contributed by atoms with Crippen LogP contribution in [0, 0.1) is 6.92 Å². The van der Waals surface area contributed by atoms with Crippen LogP contribution in [0.15, 0.2) is 46.9 Å². The van der Waals surface area contributed by atoms with Gasteiger partial charge in [0.15, 0.2) is 5.69 Å². The van der Waals surface area contributed by atoms with E-state index >= 15 is 0 Å². The normalized spacial score (nSPS) is 14.9. The molecule has 1 aliphatic heterocycles. The number of para-hydroxylation sites is 1. The quantitative estimate of drug-likeness (QED) is 0.547. The molecule has 1 saturated heterocycles. The Morgan fingerprint density at radius 1 is 1.00 bits per heavy atom. The van der Waals surface area contributed by atoms with E-state index in [0.717, 1.165) is 31.0 Å². The number of nitrogens with zero attached hydrogens (tertiary/aromatic N) is 5. The lowest BCUT2D eigenvalue weighted by molar-refractivity contribution is -0.142. The van der Waals surface area contributed by atoms with E-state index in [1.807, 2.05) is 54.3 Å². The van der Waals surface area contributed by atoms with Gasteiger partial charge in [-0.25, -0.2) is 0 Å². The van der Waals surface area contributed by atoms with Crippen molar-refractivity contribution in [1.29, 1.82) is 0 Å². The third-order valence-corrected chi connectivity index (χ3v) is 5.36. The van der Waals surface area contributed by atoms with Gasteiger partial charge in [-0.15, -0.1) is 5.10 Å². The van der Waals surface area contributed by atoms with Crippen molar-refractivity contribution in [1.82, 2.24) is 24.8 Å². The van der Waals surface area contributed by atoms with Crippen LogP contribution in [0.1, 0.15) is 41.0 Å². The Kier molecular flexibility index (Phi) is 6.65. The minimum Gasteiger partial charge on any atom is -0.461 e. The fraction of sp³-hybridized carbons (Fsp3) is 0.391. The molecule has 1 amide bonds. The second-order valence-electron chi connectivity index (χ2n) is 7.83. The summed E-state index contributed by atoms with van der Waals surface area (Å²) >= 11 is 0. The fourth-order valence-electron chi connectivity index (χ4n) is 3.71. The predicted octanol–water partition coefficient (Wildman–Crippen LogP) is 2.58. The topological polar surface area (TPSA) is 93.7 Å². The van der Waals surface area contributed by atoms with Crippen molar-refractivity contribution in [2.45, 2.75) is 33.4 Å². The summed E-state index contributed by atoms with van der Waals surface area (Å²) < 4.78 is 10.7. The van der Waals surface area contributed by atoms with Crippen LogP contribution in [0.5, 0.6) is 0 Å². The maximum Gasteiger partial charge on any atom is 0.303 e. The van der Waals surface area contributed by atoms with E-state index in [1.165, 1.54) is 11.7 Å². The molecule has 9 heteroatoms. The summed E-state index contributed by atoms with van der Waals surface area (Å²) in [5, 5.41) is 8.88. The van der Waals surface area contributed by atoms with E-state index in [4.69, 9.17) is 9.15 Å². The lowest BCUT2D eigenvalue weighted by atomic mass is 10.3. The van der Waals surface area contributed by atoms with Crippen molar-refractivity contribution in [3.05, 3.63) is 65.4 Å². The Balaban J connectivity index is 1.36. The number of carbonyl (C=O) groups is 2. The van der Waals surface area contributed by atoms with E-state index in [2.05, 4.69) is 15.1 Å². The average molecular weight is 438 g/mol. The number of amides is 1. The van der Waals surface area contributed by atoms with Gasteiger partial charge in [-0.1, -0.05) is 18.2 Å². The summed E-state index contributed by atoms with van der Waals surface area (Å²) in [6.45, 7) is 6.84. The Bertz CT molecular complexity index is 1080. The highest BCUT2D eigenvalue weighted by atomic mass is 16.5. The van der Waals surface area contributed by atoms with Gasteiger partial charge in [-0.05, 0) is 37.6 Å². The molecule has 9 nitrogen and oxygen atoms in total. The van der Waals surface area contributed by atoms with Crippen LogP contribution in [0.25, 0.3) is 5.69 Å². The molecule has 2 aromatic heterocycles. The summed E-state index contributed by atoms with van der Waals surface area (Å²) in [5.41, 5.74) is 1.84. The molecule has 0 atom stereocenters. The van der Waals surface area contributed by atoms with Crippen LogP contribution in [0.2, 0.25) is 0 Å². The number of rotatable bonds is 6. The zero-order chi connectivity index (χ0) is 22.5. The molecule has 0 saturated carbocycles. The van der Waals surface area contributed by atoms with Gasteiger partial charge < -0.3 is 14.1 Å². The maximum absolute atomic E-state index is 13.1. The summed E-state index contributed by atoms with van der Waals surface area (Å²) in [5.74, 6) is 1.01. The molecular formula is C23H27N5O4. The molecule has 1 aliphatic rings. The summed E-state index contributed by atoms with van der Waals surface area (Å²) in [7, 11) is 0. The van der Waals surface area contributed by atoms with Crippen molar-refractivity contribution < 1.29 is 18.7 Å². The van der Waals surface area contributed by atoms with Crippen LogP contribution in [-0.2, 0) is 22.7 Å². The molecule has 0 aliphatic carbocycles. The SMILES string of the molecule is CC(=O)OCc1ccc(CN2CCCN(C(=O)c3nn(-c4ccccc4)nc3C)CC2)o1. The van der Waals surface area contributed by atoms with E-state index < -0.39 is 0 Å². The largest absolute Gasteiger partial charge is 0.461 e. The molecule has 4 rings (SSSR count). The molecule has 32 heavy (non-hydrogen) atoms. The average Bonchev–Trinajstić information content (AvgIpc) is 3.33. The number of furan rings is 1. The molecule has 0 bridgehead atoms. The Morgan fingerprint density at radius 2 is 1.78 bits per heavy atom. The minimum absolute atomic E-state index is 0.0896. The first-order chi connectivity index (χ1) is 15.5. The Hall–Kier alpha value is -3.46. The lowest BCUT2D eigenvalue weighted by Crippen LogP contribution is -2.35. The van der Waals surface area contributed by atoms with Crippen LogP contribution in [0.3, 0.4) is 0 Å². The standard InChI is InChI=1S/C23H27N5O4/c1-17-22(25-28(24-17)19-7-4-3-5-8-19)23(30)27-12-6-11-26(13-14-27)15-20-9-10-21(32-20)16-31-18(2)29/h3-5,7-10H,6,11-16H2,1-2H3. The van der Waals surface area contributed by atoms with Gasteiger partial charge in [0.05, 0.1) is 17.9 Å². The van der Waals surface area contributed by atoms with Crippen molar-refractivity contribution in [3.63, 3.8) is 0 Å². The zero-order valence-electron chi connectivity index (χ0n) is 18.4. The zero-order valence-corrected chi connectivity index (χ0v) is 18.4. The monoisotopic (exact) mass is 437 g/mol. The number of aryl methyl sites for hydroxylation is 1. The Labute approximate surface area is 186 Å². The number of aromatic nitrogens is 3. The van der Waals surface area contributed by atoms with Gasteiger partial charge in [0.2, 0.25) is 0 Å². The number of esters is 1. The van der Waals surface area contributed by atoms with Gasteiger partial charge in [-0.2, -0.15) is 9.90 Å². The van der Waals surface area contributed by atoms with Gasteiger partial charge in [0.1, 0.15) is 18.1 Å². The molecule has 3 aromatic rings. The van der Waals surface area contributed by atoms with Crippen molar-refractivity contribution in [3.8, 4) is 5.69 Å². The molecule has 168 valence electrons. The van der Waals surface area contributed by atoms with E-state index in [9.17, 15) is 9.59 Å². The van der Waals surface area contributed by atoms with Crippen molar-refractivity contribution in [2.24, 2.45) is 0 Å². The van der Waals surface area contributed by atoms with E-state index in [-0.39, 0.29) is 18.5 Å². The highest BCUT2D eigenvalue weighted by Crippen LogP contribution is 2.16. The fourth-order valence-corrected chi connectivity index (χ4v) is 3.71.